The van der Waals surface area contributed by atoms with Crippen LogP contribution in [0.2, 0.25) is 0 Å². The average molecular weight is 321 g/mol. The van der Waals surface area contributed by atoms with Crippen LogP contribution in [-0.2, 0) is 13.0 Å². The summed E-state index contributed by atoms with van der Waals surface area (Å²) in [6.07, 6.45) is 1.53. The summed E-state index contributed by atoms with van der Waals surface area (Å²) in [6.45, 7) is 8.46. The molecule has 0 aromatic carbocycles. The van der Waals surface area contributed by atoms with E-state index in [1.807, 2.05) is 11.8 Å². The Morgan fingerprint density at radius 3 is 3.04 bits per heavy atom. The molecule has 2 atom stereocenters. The van der Waals surface area contributed by atoms with Gasteiger partial charge in [-0.1, -0.05) is 6.92 Å². The number of rotatable bonds is 4. The Kier molecular flexibility index (Phi) is 4.99. The molecule has 2 aliphatic rings. The molecule has 0 aliphatic carbocycles. The number of H-pyrrole nitrogens is 1. The number of amides is 1. The van der Waals surface area contributed by atoms with Crippen molar-refractivity contribution < 1.29 is 9.90 Å². The monoisotopic (exact) mass is 321 g/mol. The average Bonchev–Trinajstić information content (AvgIpc) is 2.98. The minimum atomic E-state index is -0.337. The van der Waals surface area contributed by atoms with E-state index in [2.05, 4.69) is 27.3 Å². The Balaban J connectivity index is 1.70. The van der Waals surface area contributed by atoms with Gasteiger partial charge in [0, 0.05) is 63.0 Å². The van der Waals surface area contributed by atoms with Crippen LogP contribution in [0.15, 0.2) is 0 Å². The number of carbonyl (C=O) groups is 1. The SMILES string of the molecule is CCC1CN(C(=O)c2n[nH]c3c2CNCC3)CCN1CC(C)O. The molecule has 0 radical (unpaired) electrons. The minimum absolute atomic E-state index is 0.0290. The van der Waals surface area contributed by atoms with Crippen LogP contribution in [0.1, 0.15) is 42.0 Å². The van der Waals surface area contributed by atoms with E-state index in [4.69, 9.17) is 0 Å². The van der Waals surface area contributed by atoms with Crippen LogP contribution in [0.4, 0.5) is 0 Å². The number of nitrogens with one attached hydrogen (secondary N) is 2. The van der Waals surface area contributed by atoms with E-state index < -0.39 is 0 Å². The fourth-order valence-corrected chi connectivity index (χ4v) is 3.60. The van der Waals surface area contributed by atoms with Crippen LogP contribution in [0, 0.1) is 0 Å². The van der Waals surface area contributed by atoms with Gasteiger partial charge in [-0.15, -0.1) is 0 Å². The van der Waals surface area contributed by atoms with Gasteiger partial charge in [0.05, 0.1) is 6.10 Å². The first-order chi connectivity index (χ1) is 11.1. The number of carbonyl (C=O) groups excluding carboxylic acids is 1. The zero-order chi connectivity index (χ0) is 16.4. The number of nitrogens with zero attached hydrogens (tertiary/aromatic N) is 3. The fourth-order valence-electron chi connectivity index (χ4n) is 3.60. The van der Waals surface area contributed by atoms with Gasteiger partial charge in [-0.05, 0) is 13.3 Å². The maximum absolute atomic E-state index is 12.9. The van der Waals surface area contributed by atoms with Crippen LogP contribution >= 0.6 is 0 Å². The van der Waals surface area contributed by atoms with Crippen LogP contribution in [0.5, 0.6) is 0 Å². The molecular weight excluding hydrogens is 294 g/mol. The van der Waals surface area contributed by atoms with Crippen molar-refractivity contribution in [3.05, 3.63) is 17.0 Å². The molecule has 1 saturated heterocycles. The van der Waals surface area contributed by atoms with Gasteiger partial charge in [-0.3, -0.25) is 14.8 Å². The topological polar surface area (TPSA) is 84.5 Å². The Morgan fingerprint density at radius 1 is 1.48 bits per heavy atom. The first-order valence-corrected chi connectivity index (χ1v) is 8.58. The molecule has 0 saturated carbocycles. The van der Waals surface area contributed by atoms with Crippen molar-refractivity contribution in [1.82, 2.24) is 25.3 Å². The van der Waals surface area contributed by atoms with Gasteiger partial charge in [0.15, 0.2) is 5.69 Å². The smallest absolute Gasteiger partial charge is 0.274 e. The number of aromatic amines is 1. The van der Waals surface area contributed by atoms with Crippen LogP contribution in [0.3, 0.4) is 0 Å². The van der Waals surface area contributed by atoms with Gasteiger partial charge in [0.25, 0.3) is 5.91 Å². The van der Waals surface area contributed by atoms with Gasteiger partial charge >= 0.3 is 0 Å². The quantitative estimate of drug-likeness (QED) is 0.725. The number of aliphatic hydroxyl groups excluding tert-OH is 1. The van der Waals surface area contributed by atoms with E-state index in [0.717, 1.165) is 37.2 Å². The van der Waals surface area contributed by atoms with Gasteiger partial charge < -0.3 is 15.3 Å². The molecule has 2 aliphatic heterocycles. The molecule has 128 valence electrons. The Bertz CT molecular complexity index is 557. The molecule has 7 nitrogen and oxygen atoms in total. The van der Waals surface area contributed by atoms with E-state index in [1.54, 1.807) is 0 Å². The van der Waals surface area contributed by atoms with Crippen LogP contribution in [-0.4, -0.2) is 75.9 Å². The number of hydrogen-bond acceptors (Lipinski definition) is 5. The number of aromatic nitrogens is 2. The summed E-state index contributed by atoms with van der Waals surface area (Å²) in [7, 11) is 0. The lowest BCUT2D eigenvalue weighted by molar-refractivity contribution is 0.0305. The molecule has 0 spiro atoms. The Hall–Kier alpha value is -1.44. The predicted molar refractivity (Wildman–Crippen MR) is 87.2 cm³/mol. The maximum atomic E-state index is 12.9. The standard InChI is InChI=1S/C16H27N5O2/c1-3-12-10-21(7-6-20(12)9-11(2)22)16(23)15-13-8-17-5-4-14(13)18-19-15/h11-12,17,22H,3-10H2,1-2H3,(H,18,19). The van der Waals surface area contributed by atoms with Crippen molar-refractivity contribution in [3.63, 3.8) is 0 Å². The minimum Gasteiger partial charge on any atom is -0.392 e. The number of piperazine rings is 1. The lowest BCUT2D eigenvalue weighted by atomic mass is 10.0. The zero-order valence-electron chi connectivity index (χ0n) is 14.0. The molecular formula is C16H27N5O2. The van der Waals surface area contributed by atoms with Crippen molar-refractivity contribution in [2.75, 3.05) is 32.7 Å². The molecule has 3 rings (SSSR count). The molecule has 1 amide bonds. The number of aliphatic hydroxyl groups is 1. The van der Waals surface area contributed by atoms with Crippen molar-refractivity contribution in [2.45, 2.75) is 45.4 Å². The summed E-state index contributed by atoms with van der Waals surface area (Å²) < 4.78 is 0. The molecule has 1 aromatic heterocycles. The van der Waals surface area contributed by atoms with Crippen molar-refractivity contribution in [2.24, 2.45) is 0 Å². The molecule has 7 heteroatoms. The predicted octanol–water partition coefficient (Wildman–Crippen LogP) is -0.0274. The van der Waals surface area contributed by atoms with E-state index in [-0.39, 0.29) is 12.0 Å². The molecule has 0 bridgehead atoms. The van der Waals surface area contributed by atoms with Crippen LogP contribution < -0.4 is 5.32 Å². The highest BCUT2D eigenvalue weighted by atomic mass is 16.3. The second-order valence-electron chi connectivity index (χ2n) is 6.61. The third-order valence-corrected chi connectivity index (χ3v) is 4.87. The molecule has 1 fully saturated rings. The number of fused-ring (bicyclic) bond motifs is 1. The van der Waals surface area contributed by atoms with E-state index in [1.165, 1.54) is 0 Å². The van der Waals surface area contributed by atoms with Gasteiger partial charge in [0.1, 0.15) is 0 Å². The lowest BCUT2D eigenvalue weighted by Gasteiger charge is -2.41. The highest BCUT2D eigenvalue weighted by Gasteiger charge is 2.32. The lowest BCUT2D eigenvalue weighted by Crippen LogP contribution is -2.56. The highest BCUT2D eigenvalue weighted by molar-refractivity contribution is 5.94. The number of β-amino-alcohol motifs (C(OH)–C–C–N with tert-alkyl or cyclic N) is 1. The van der Waals surface area contributed by atoms with Crippen molar-refractivity contribution in [1.29, 1.82) is 0 Å². The molecule has 2 unspecified atom stereocenters. The molecule has 1 aromatic rings. The Morgan fingerprint density at radius 2 is 2.30 bits per heavy atom. The number of hydrogen-bond donors (Lipinski definition) is 3. The molecule has 3 N–H and O–H groups in total. The van der Waals surface area contributed by atoms with Gasteiger partial charge in [0.2, 0.25) is 0 Å². The van der Waals surface area contributed by atoms with Crippen LogP contribution in [0.25, 0.3) is 0 Å². The summed E-state index contributed by atoms with van der Waals surface area (Å²) in [5.41, 5.74) is 2.69. The van der Waals surface area contributed by atoms with E-state index in [0.29, 0.717) is 37.9 Å². The van der Waals surface area contributed by atoms with E-state index >= 15 is 0 Å². The second kappa shape index (κ2) is 6.98. The van der Waals surface area contributed by atoms with Gasteiger partial charge in [-0.2, -0.15) is 5.10 Å². The summed E-state index contributed by atoms with van der Waals surface area (Å²) >= 11 is 0. The van der Waals surface area contributed by atoms with Gasteiger partial charge in [-0.25, -0.2) is 0 Å². The third kappa shape index (κ3) is 3.41. The first-order valence-electron chi connectivity index (χ1n) is 8.58. The fraction of sp³-hybridized carbons (Fsp3) is 0.750. The van der Waals surface area contributed by atoms with E-state index in [9.17, 15) is 9.90 Å². The first kappa shape index (κ1) is 16.4. The zero-order valence-corrected chi connectivity index (χ0v) is 14.0. The maximum Gasteiger partial charge on any atom is 0.274 e. The summed E-state index contributed by atoms with van der Waals surface area (Å²) in [4.78, 5) is 17.1. The normalized spacial score (nSPS) is 23.6. The summed E-state index contributed by atoms with van der Waals surface area (Å²) in [5, 5.41) is 20.2. The molecule has 23 heavy (non-hydrogen) atoms. The van der Waals surface area contributed by atoms with Crippen molar-refractivity contribution in [3.8, 4) is 0 Å². The third-order valence-electron chi connectivity index (χ3n) is 4.87. The van der Waals surface area contributed by atoms with Crippen molar-refractivity contribution >= 4 is 5.91 Å². The summed E-state index contributed by atoms with van der Waals surface area (Å²) in [5.74, 6) is 0.0290. The second-order valence-corrected chi connectivity index (χ2v) is 6.61. The Labute approximate surface area is 137 Å². The molecule has 3 heterocycles. The summed E-state index contributed by atoms with van der Waals surface area (Å²) in [6, 6.07) is 0.301. The highest BCUT2D eigenvalue weighted by Crippen LogP contribution is 2.20. The largest absolute Gasteiger partial charge is 0.392 e.